The molecule has 0 aliphatic heterocycles. The Morgan fingerprint density at radius 2 is 2.11 bits per heavy atom. The van der Waals surface area contributed by atoms with Gasteiger partial charge in [0.15, 0.2) is 0 Å². The number of carboxylic acids is 1. The molecule has 1 atom stereocenters. The number of quaternary nitrogens is 1. The van der Waals surface area contributed by atoms with Crippen LogP contribution in [0.1, 0.15) is 31.2 Å². The SMILES string of the molecule is O=C([O-])C[NH+](Cc1cccc(Cl)c1)C1CCCC1. The number of hydrogen-bond donors (Lipinski definition) is 1. The highest BCUT2D eigenvalue weighted by Gasteiger charge is 2.26. The topological polar surface area (TPSA) is 44.6 Å². The van der Waals surface area contributed by atoms with Crippen molar-refractivity contribution in [1.82, 2.24) is 0 Å². The monoisotopic (exact) mass is 267 g/mol. The third-order valence-corrected chi connectivity index (χ3v) is 3.86. The normalized spacial score (nSPS) is 17.8. The van der Waals surface area contributed by atoms with Gasteiger partial charge in [-0.3, -0.25) is 0 Å². The lowest BCUT2D eigenvalue weighted by Crippen LogP contribution is -3.15. The average Bonchev–Trinajstić information content (AvgIpc) is 2.80. The van der Waals surface area contributed by atoms with E-state index in [1.807, 2.05) is 24.3 Å². The van der Waals surface area contributed by atoms with Crippen LogP contribution in [0.5, 0.6) is 0 Å². The summed E-state index contributed by atoms with van der Waals surface area (Å²) < 4.78 is 0. The first-order chi connectivity index (χ1) is 8.65. The molecule has 0 heterocycles. The molecule has 1 aromatic rings. The van der Waals surface area contributed by atoms with E-state index in [0.717, 1.165) is 23.3 Å². The van der Waals surface area contributed by atoms with Crippen LogP contribution in [0, 0.1) is 0 Å². The van der Waals surface area contributed by atoms with E-state index in [4.69, 9.17) is 11.6 Å². The fraction of sp³-hybridized carbons (Fsp3) is 0.500. The maximum Gasteiger partial charge on any atom is 0.118 e. The second kappa shape index (κ2) is 6.21. The van der Waals surface area contributed by atoms with E-state index in [2.05, 4.69) is 0 Å². The molecular formula is C14H18ClNO2. The molecule has 3 nitrogen and oxygen atoms in total. The summed E-state index contributed by atoms with van der Waals surface area (Å²) in [7, 11) is 0. The minimum absolute atomic E-state index is 0.0805. The first-order valence-electron chi connectivity index (χ1n) is 6.44. The van der Waals surface area contributed by atoms with E-state index < -0.39 is 5.97 Å². The van der Waals surface area contributed by atoms with Crippen molar-refractivity contribution in [3.63, 3.8) is 0 Å². The Labute approximate surface area is 112 Å². The molecule has 98 valence electrons. The molecule has 1 aromatic carbocycles. The standard InChI is InChI=1S/C14H18ClNO2/c15-12-5-3-4-11(8-12)9-16(10-14(17)18)13-6-1-2-7-13/h3-5,8,13H,1-2,6-7,9-10H2,(H,17,18). The molecule has 1 aliphatic carbocycles. The first kappa shape index (κ1) is 13.4. The molecule has 1 saturated carbocycles. The summed E-state index contributed by atoms with van der Waals surface area (Å²) in [6, 6.07) is 8.09. The molecule has 0 bridgehead atoms. The predicted octanol–water partition coefficient (Wildman–Crippen LogP) is 0.417. The average molecular weight is 268 g/mol. The summed E-state index contributed by atoms with van der Waals surface area (Å²) in [5, 5.41) is 11.6. The number of carbonyl (C=O) groups is 1. The highest BCUT2D eigenvalue weighted by atomic mass is 35.5. The zero-order valence-corrected chi connectivity index (χ0v) is 11.1. The lowest BCUT2D eigenvalue weighted by atomic mass is 10.1. The van der Waals surface area contributed by atoms with E-state index in [9.17, 15) is 9.90 Å². The second-order valence-electron chi connectivity index (χ2n) is 5.00. The van der Waals surface area contributed by atoms with E-state index in [1.165, 1.54) is 12.8 Å². The van der Waals surface area contributed by atoms with Gasteiger partial charge in [0, 0.05) is 10.6 Å². The number of carbonyl (C=O) groups excluding carboxylic acids is 1. The number of carboxylic acid groups (broad SMARTS) is 1. The Hall–Kier alpha value is -1.06. The van der Waals surface area contributed by atoms with Gasteiger partial charge in [-0.25, -0.2) is 0 Å². The van der Waals surface area contributed by atoms with Crippen LogP contribution in [-0.2, 0) is 11.3 Å². The largest absolute Gasteiger partial charge is 0.544 e. The molecule has 1 unspecified atom stereocenters. The Bertz CT molecular complexity index is 416. The van der Waals surface area contributed by atoms with Gasteiger partial charge in [0.1, 0.15) is 13.1 Å². The van der Waals surface area contributed by atoms with Gasteiger partial charge >= 0.3 is 0 Å². The van der Waals surface area contributed by atoms with Gasteiger partial charge in [-0.1, -0.05) is 23.7 Å². The quantitative estimate of drug-likeness (QED) is 0.840. The molecule has 0 radical (unpaired) electrons. The fourth-order valence-corrected chi connectivity index (χ4v) is 2.99. The second-order valence-corrected chi connectivity index (χ2v) is 5.43. The van der Waals surface area contributed by atoms with Crippen molar-refractivity contribution >= 4 is 17.6 Å². The molecule has 0 amide bonds. The lowest BCUT2D eigenvalue weighted by molar-refractivity contribution is -0.932. The van der Waals surface area contributed by atoms with Gasteiger partial charge in [-0.15, -0.1) is 0 Å². The van der Waals surface area contributed by atoms with Gasteiger partial charge in [0.2, 0.25) is 0 Å². The molecule has 0 spiro atoms. The van der Waals surface area contributed by atoms with Crippen molar-refractivity contribution in [1.29, 1.82) is 0 Å². The fourth-order valence-electron chi connectivity index (χ4n) is 2.78. The first-order valence-corrected chi connectivity index (χ1v) is 6.82. The number of aliphatic carboxylic acids is 1. The third-order valence-electron chi connectivity index (χ3n) is 3.62. The molecule has 1 N–H and O–H groups in total. The molecule has 1 aliphatic rings. The van der Waals surface area contributed by atoms with Crippen molar-refractivity contribution in [3.8, 4) is 0 Å². The van der Waals surface area contributed by atoms with Gasteiger partial charge in [0.25, 0.3) is 0 Å². The van der Waals surface area contributed by atoms with Crippen molar-refractivity contribution in [3.05, 3.63) is 34.9 Å². The van der Waals surface area contributed by atoms with Crippen LogP contribution in [0.2, 0.25) is 5.02 Å². The predicted molar refractivity (Wildman–Crippen MR) is 68.2 cm³/mol. The highest BCUT2D eigenvalue weighted by Crippen LogP contribution is 2.16. The number of rotatable bonds is 5. The van der Waals surface area contributed by atoms with Gasteiger partial charge in [-0.05, 0) is 37.8 Å². The van der Waals surface area contributed by atoms with Crippen molar-refractivity contribution in [2.75, 3.05) is 6.54 Å². The van der Waals surface area contributed by atoms with E-state index in [-0.39, 0.29) is 6.54 Å². The van der Waals surface area contributed by atoms with Crippen LogP contribution in [0.25, 0.3) is 0 Å². The molecule has 18 heavy (non-hydrogen) atoms. The van der Waals surface area contributed by atoms with Crippen molar-refractivity contribution in [2.45, 2.75) is 38.3 Å². The van der Waals surface area contributed by atoms with Crippen LogP contribution in [0.3, 0.4) is 0 Å². The summed E-state index contributed by atoms with van der Waals surface area (Å²) in [6.45, 7) is 0.788. The number of benzene rings is 1. The van der Waals surface area contributed by atoms with Crippen LogP contribution < -0.4 is 10.0 Å². The molecular weight excluding hydrogens is 250 g/mol. The summed E-state index contributed by atoms with van der Waals surface area (Å²) in [4.78, 5) is 12.0. The van der Waals surface area contributed by atoms with Crippen molar-refractivity contribution in [2.24, 2.45) is 0 Å². The summed E-state index contributed by atoms with van der Waals surface area (Å²) in [6.07, 6.45) is 4.64. The van der Waals surface area contributed by atoms with Crippen LogP contribution >= 0.6 is 11.6 Å². The zero-order valence-electron chi connectivity index (χ0n) is 10.3. The minimum Gasteiger partial charge on any atom is -0.544 e. The third kappa shape index (κ3) is 3.72. The molecule has 4 heteroatoms. The van der Waals surface area contributed by atoms with Gasteiger partial charge in [-0.2, -0.15) is 0 Å². The smallest absolute Gasteiger partial charge is 0.118 e. The zero-order chi connectivity index (χ0) is 13.0. The Balaban J connectivity index is 2.06. The number of halogens is 1. The Morgan fingerprint density at radius 3 is 2.72 bits per heavy atom. The number of hydrogen-bond acceptors (Lipinski definition) is 2. The Kier molecular flexibility index (Phi) is 4.61. The minimum atomic E-state index is -0.973. The van der Waals surface area contributed by atoms with Crippen LogP contribution in [-0.4, -0.2) is 18.6 Å². The molecule has 0 aromatic heterocycles. The van der Waals surface area contributed by atoms with Crippen molar-refractivity contribution < 1.29 is 14.8 Å². The summed E-state index contributed by atoms with van der Waals surface area (Å²) in [5.74, 6) is -0.973. The lowest BCUT2D eigenvalue weighted by Gasteiger charge is -2.26. The highest BCUT2D eigenvalue weighted by molar-refractivity contribution is 6.30. The van der Waals surface area contributed by atoms with Gasteiger partial charge in [0.05, 0.1) is 12.0 Å². The van der Waals surface area contributed by atoms with Crippen LogP contribution in [0.15, 0.2) is 24.3 Å². The van der Waals surface area contributed by atoms with Crippen LogP contribution in [0.4, 0.5) is 0 Å². The van der Waals surface area contributed by atoms with E-state index >= 15 is 0 Å². The number of nitrogens with one attached hydrogen (secondary N) is 1. The van der Waals surface area contributed by atoms with E-state index in [0.29, 0.717) is 17.6 Å². The molecule has 1 fully saturated rings. The summed E-state index contributed by atoms with van der Waals surface area (Å²) in [5.41, 5.74) is 1.09. The molecule has 0 saturated heterocycles. The van der Waals surface area contributed by atoms with E-state index in [1.54, 1.807) is 0 Å². The maximum absolute atomic E-state index is 10.9. The maximum atomic E-state index is 10.9. The van der Waals surface area contributed by atoms with Gasteiger partial charge < -0.3 is 14.8 Å². The Morgan fingerprint density at radius 1 is 1.39 bits per heavy atom. The summed E-state index contributed by atoms with van der Waals surface area (Å²) >= 11 is 5.96. The molecule has 2 rings (SSSR count).